The van der Waals surface area contributed by atoms with Gasteiger partial charge in [0.1, 0.15) is 0 Å². The van der Waals surface area contributed by atoms with Crippen molar-refractivity contribution in [1.29, 1.82) is 0 Å². The van der Waals surface area contributed by atoms with Crippen molar-refractivity contribution in [2.75, 3.05) is 9.80 Å². The second-order valence-corrected chi connectivity index (χ2v) is 22.8. The van der Waals surface area contributed by atoms with Crippen molar-refractivity contribution in [3.05, 3.63) is 254 Å². The molecule has 0 radical (unpaired) electrons. The molecule has 0 saturated heterocycles. The summed E-state index contributed by atoms with van der Waals surface area (Å²) in [7, 11) is 0. The molecule has 382 valence electrons. The molecule has 11 aromatic carbocycles. The lowest BCUT2D eigenvalue weighted by Gasteiger charge is -2.32. The molecule has 0 atom stereocenters. The Kier molecular flexibility index (Phi) is 10.3. The lowest BCUT2D eigenvalue weighted by atomic mass is 9.89. The zero-order valence-electron chi connectivity index (χ0n) is 44.7. The molecule has 15 aromatic rings. The van der Waals surface area contributed by atoms with Gasteiger partial charge in [0, 0.05) is 65.6 Å². The number of hydrogen-bond acceptors (Lipinski definition) is 2. The molecule has 0 unspecified atom stereocenters. The third-order valence-corrected chi connectivity index (χ3v) is 18.6. The average Bonchev–Trinajstić information content (AvgIpc) is 4.06. The monoisotopic (exact) mass is 1030 g/mol. The van der Waals surface area contributed by atoms with E-state index in [2.05, 4.69) is 261 Å². The first-order valence-electron chi connectivity index (χ1n) is 29.2. The van der Waals surface area contributed by atoms with E-state index in [-0.39, 0.29) is 0 Å². The molecule has 0 amide bonds. The molecule has 4 heterocycles. The van der Waals surface area contributed by atoms with Gasteiger partial charge in [0.05, 0.1) is 55.8 Å². The molecule has 0 aliphatic heterocycles. The molecule has 4 nitrogen and oxygen atoms in total. The Bertz CT molecular complexity index is 4520. The normalized spacial score (nSPS) is 14.5. The zero-order valence-corrected chi connectivity index (χ0v) is 44.7. The second-order valence-electron chi connectivity index (χ2n) is 22.8. The fourth-order valence-electron chi connectivity index (χ4n) is 15.2. The summed E-state index contributed by atoms with van der Waals surface area (Å²) in [4.78, 5) is 5.25. The summed E-state index contributed by atoms with van der Waals surface area (Å²) in [5, 5.41) is 10.2. The van der Waals surface area contributed by atoms with Gasteiger partial charge in [-0.05, 0) is 120 Å². The maximum Gasteiger partial charge on any atom is 0.0641 e. The van der Waals surface area contributed by atoms with Gasteiger partial charge in [-0.2, -0.15) is 0 Å². The molecule has 80 heavy (non-hydrogen) atoms. The van der Waals surface area contributed by atoms with E-state index in [1.54, 1.807) is 0 Å². The summed E-state index contributed by atoms with van der Waals surface area (Å²) in [5.41, 5.74) is 22.7. The van der Waals surface area contributed by atoms with Gasteiger partial charge in [-0.15, -0.1) is 0 Å². The van der Waals surface area contributed by atoms with E-state index < -0.39 is 0 Å². The SMILES string of the molecule is c1ccc(-c2cccc(C3CCCC3)c2N(c2ccccc2)c2ccc3c4cc5c(cc4n4c6ccccc6c2c34)c2ccc(N(c3ccccc3)c3c(-c4ccccc4)cccc3C3CCCC3)c3c4ccccc4n5c23)cc1. The summed E-state index contributed by atoms with van der Waals surface area (Å²) in [6.45, 7) is 0. The van der Waals surface area contributed by atoms with Crippen LogP contribution in [0.2, 0.25) is 0 Å². The third-order valence-electron chi connectivity index (χ3n) is 18.6. The number of rotatable bonds is 10. The smallest absolute Gasteiger partial charge is 0.0641 e. The number of anilines is 6. The number of benzene rings is 11. The first-order valence-corrected chi connectivity index (χ1v) is 29.2. The summed E-state index contributed by atoms with van der Waals surface area (Å²) >= 11 is 0. The van der Waals surface area contributed by atoms with E-state index in [0.717, 1.165) is 0 Å². The van der Waals surface area contributed by atoms with Gasteiger partial charge < -0.3 is 18.6 Å². The van der Waals surface area contributed by atoms with Crippen molar-refractivity contribution in [3.63, 3.8) is 0 Å². The Labute approximate surface area is 465 Å². The van der Waals surface area contributed by atoms with E-state index in [1.807, 2.05) is 0 Å². The van der Waals surface area contributed by atoms with Crippen molar-refractivity contribution < 1.29 is 0 Å². The minimum absolute atomic E-state index is 0.495. The van der Waals surface area contributed by atoms with Crippen LogP contribution in [0.1, 0.15) is 74.3 Å². The molecule has 4 aromatic heterocycles. The fourth-order valence-corrected chi connectivity index (χ4v) is 15.2. The molecule has 2 aliphatic rings. The average molecular weight is 1030 g/mol. The zero-order chi connectivity index (χ0) is 52.4. The number of para-hydroxylation sites is 6. The van der Waals surface area contributed by atoms with Crippen LogP contribution >= 0.6 is 0 Å². The van der Waals surface area contributed by atoms with Crippen LogP contribution < -0.4 is 9.80 Å². The van der Waals surface area contributed by atoms with Gasteiger partial charge in [0.15, 0.2) is 0 Å². The highest BCUT2D eigenvalue weighted by atomic mass is 15.2. The predicted molar refractivity (Wildman–Crippen MR) is 338 cm³/mol. The van der Waals surface area contributed by atoms with Crippen LogP contribution in [-0.2, 0) is 0 Å². The largest absolute Gasteiger partial charge is 0.309 e. The van der Waals surface area contributed by atoms with E-state index in [1.165, 1.54) is 195 Å². The van der Waals surface area contributed by atoms with Crippen molar-refractivity contribution in [3.8, 4) is 22.3 Å². The number of aromatic nitrogens is 2. The lowest BCUT2D eigenvalue weighted by Crippen LogP contribution is -2.15. The Balaban J connectivity index is 0.942. The summed E-state index contributed by atoms with van der Waals surface area (Å²) < 4.78 is 5.20. The maximum absolute atomic E-state index is 2.62. The quantitative estimate of drug-likeness (QED) is 0.136. The minimum atomic E-state index is 0.495. The summed E-state index contributed by atoms with van der Waals surface area (Å²) in [6, 6.07) is 91.7. The highest BCUT2D eigenvalue weighted by molar-refractivity contribution is 6.32. The Morgan fingerprint density at radius 1 is 0.300 bits per heavy atom. The molecule has 17 rings (SSSR count). The van der Waals surface area contributed by atoms with Crippen LogP contribution in [0.5, 0.6) is 0 Å². The van der Waals surface area contributed by atoms with Crippen molar-refractivity contribution in [1.82, 2.24) is 8.80 Å². The van der Waals surface area contributed by atoms with Gasteiger partial charge in [-0.1, -0.05) is 208 Å². The third kappa shape index (κ3) is 6.69. The first kappa shape index (κ1) is 45.6. The second kappa shape index (κ2) is 18.1. The molecule has 4 heteroatoms. The van der Waals surface area contributed by atoms with Crippen LogP contribution in [-0.4, -0.2) is 8.80 Å². The van der Waals surface area contributed by atoms with E-state index in [0.29, 0.717) is 11.8 Å². The Morgan fingerprint density at radius 3 is 1.09 bits per heavy atom. The van der Waals surface area contributed by atoms with Crippen molar-refractivity contribution in [2.24, 2.45) is 0 Å². The highest BCUT2D eigenvalue weighted by Gasteiger charge is 2.33. The number of hydrogen-bond donors (Lipinski definition) is 0. The molecule has 2 aliphatic carbocycles. The molecular weight excluding hydrogens is 969 g/mol. The summed E-state index contributed by atoms with van der Waals surface area (Å²) in [5.74, 6) is 0.990. The van der Waals surface area contributed by atoms with Gasteiger partial charge >= 0.3 is 0 Å². The highest BCUT2D eigenvalue weighted by Crippen LogP contribution is 2.56. The number of fused-ring (bicyclic) bond motifs is 12. The van der Waals surface area contributed by atoms with Gasteiger partial charge in [0.2, 0.25) is 0 Å². The van der Waals surface area contributed by atoms with E-state index in [4.69, 9.17) is 0 Å². The number of nitrogens with zero attached hydrogens (tertiary/aromatic N) is 4. The topological polar surface area (TPSA) is 15.3 Å². The van der Waals surface area contributed by atoms with E-state index >= 15 is 0 Å². The van der Waals surface area contributed by atoms with Crippen LogP contribution in [0.3, 0.4) is 0 Å². The lowest BCUT2D eigenvalue weighted by molar-refractivity contribution is 0.723. The summed E-state index contributed by atoms with van der Waals surface area (Å²) in [6.07, 6.45) is 9.93. The Hall–Kier alpha value is -9.38. The van der Waals surface area contributed by atoms with Gasteiger partial charge in [-0.25, -0.2) is 0 Å². The fraction of sp³-hybridized carbons (Fsp3) is 0.132. The van der Waals surface area contributed by atoms with Crippen LogP contribution in [0.4, 0.5) is 34.1 Å². The molecule has 2 fully saturated rings. The van der Waals surface area contributed by atoms with Crippen molar-refractivity contribution in [2.45, 2.75) is 63.2 Å². The van der Waals surface area contributed by atoms with Gasteiger partial charge in [-0.3, -0.25) is 0 Å². The van der Waals surface area contributed by atoms with E-state index in [9.17, 15) is 0 Å². The first-order chi connectivity index (χ1) is 39.8. The predicted octanol–water partition coefficient (Wildman–Crippen LogP) is 21.6. The van der Waals surface area contributed by atoms with Crippen molar-refractivity contribution >= 4 is 110 Å². The molecular formula is C76H58N4. The van der Waals surface area contributed by atoms with Crippen LogP contribution in [0.25, 0.3) is 98.4 Å². The molecule has 0 N–H and O–H groups in total. The van der Waals surface area contributed by atoms with Gasteiger partial charge in [0.25, 0.3) is 0 Å². The van der Waals surface area contributed by atoms with Crippen LogP contribution in [0, 0.1) is 0 Å². The standard InChI is InChI=1S/C76H58N4/c1-5-23-49(24-6-1)55-37-21-39-57(51-27-13-14-28-51)73(55)77(53-31-9-3-10-32-53)67-45-43-59-63-47-70-64(48-69(63)79-65-41-19-17-35-61(65)71(67)75(59)79)60-44-46-68(72-62-36-18-20-42-66(62)80(70)76(60)72)78(54-33-11-4-12-34-54)74-56(50-25-7-2-8-26-50)38-22-40-58(74)52-29-15-16-30-52/h1-12,17-26,31-48,51-52H,13-16,27-30H2. The molecule has 2 saturated carbocycles. The van der Waals surface area contributed by atoms with Crippen LogP contribution in [0.15, 0.2) is 243 Å². The molecule has 0 bridgehead atoms. The minimum Gasteiger partial charge on any atom is -0.309 e. The maximum atomic E-state index is 2.62. The Morgan fingerprint density at radius 2 is 0.675 bits per heavy atom. The molecule has 0 spiro atoms.